The highest BCUT2D eigenvalue weighted by atomic mass is 16.3. The van der Waals surface area contributed by atoms with E-state index in [2.05, 4.69) is 10.6 Å². The van der Waals surface area contributed by atoms with Gasteiger partial charge in [0.15, 0.2) is 0 Å². The van der Waals surface area contributed by atoms with Crippen molar-refractivity contribution < 1.29 is 9.90 Å². The number of rotatable bonds is 3. The summed E-state index contributed by atoms with van der Waals surface area (Å²) in [5.41, 5.74) is 5.35. The maximum atomic E-state index is 12.1. The van der Waals surface area contributed by atoms with E-state index in [0.717, 1.165) is 25.7 Å². The topological polar surface area (TPSA) is 87.4 Å². The molecule has 2 atom stereocenters. The van der Waals surface area contributed by atoms with E-state index in [4.69, 9.17) is 5.73 Å². The molecule has 1 amide bonds. The van der Waals surface area contributed by atoms with Gasteiger partial charge in [0.1, 0.15) is 5.60 Å². The van der Waals surface area contributed by atoms with Gasteiger partial charge in [-0.3, -0.25) is 4.79 Å². The number of hydrogen-bond acceptors (Lipinski definition) is 4. The van der Waals surface area contributed by atoms with Crippen molar-refractivity contribution in [3.8, 4) is 0 Å². The van der Waals surface area contributed by atoms with Gasteiger partial charge < -0.3 is 21.5 Å². The monoisotopic (exact) mass is 255 g/mol. The summed E-state index contributed by atoms with van der Waals surface area (Å²) >= 11 is 0. The molecular formula is C13H25N3O2. The zero-order chi connectivity index (χ0) is 13.0. The van der Waals surface area contributed by atoms with Gasteiger partial charge in [0, 0.05) is 25.7 Å². The highest BCUT2D eigenvalue weighted by Gasteiger charge is 2.35. The van der Waals surface area contributed by atoms with Gasteiger partial charge in [0.05, 0.1) is 5.92 Å². The Balaban J connectivity index is 1.81. The molecule has 1 aliphatic carbocycles. The van der Waals surface area contributed by atoms with Crippen molar-refractivity contribution in [1.82, 2.24) is 10.6 Å². The quantitative estimate of drug-likeness (QED) is 0.559. The number of carbonyl (C=O) groups is 1. The molecule has 0 aromatic rings. The fourth-order valence-electron chi connectivity index (χ4n) is 2.76. The van der Waals surface area contributed by atoms with Crippen LogP contribution >= 0.6 is 0 Å². The molecule has 18 heavy (non-hydrogen) atoms. The minimum atomic E-state index is -0.749. The van der Waals surface area contributed by atoms with Gasteiger partial charge in [-0.25, -0.2) is 0 Å². The minimum Gasteiger partial charge on any atom is -0.385 e. The number of nitrogens with two attached hydrogens (primary N) is 1. The van der Waals surface area contributed by atoms with Crippen LogP contribution in [0.4, 0.5) is 0 Å². The van der Waals surface area contributed by atoms with Crippen LogP contribution in [0, 0.1) is 5.92 Å². The predicted octanol–water partition coefficient (Wildman–Crippen LogP) is -0.265. The van der Waals surface area contributed by atoms with E-state index in [9.17, 15) is 9.90 Å². The van der Waals surface area contributed by atoms with Crippen molar-refractivity contribution in [2.75, 3.05) is 19.6 Å². The molecule has 0 aromatic carbocycles. The molecule has 0 bridgehead atoms. The molecule has 1 saturated heterocycles. The van der Waals surface area contributed by atoms with Crippen molar-refractivity contribution in [2.24, 2.45) is 11.7 Å². The van der Waals surface area contributed by atoms with Crippen LogP contribution in [-0.2, 0) is 4.79 Å². The molecule has 2 rings (SSSR count). The van der Waals surface area contributed by atoms with Crippen molar-refractivity contribution in [3.63, 3.8) is 0 Å². The first-order valence-electron chi connectivity index (χ1n) is 7.07. The summed E-state index contributed by atoms with van der Waals surface area (Å²) in [5, 5.41) is 15.8. The second-order valence-electron chi connectivity index (χ2n) is 5.81. The van der Waals surface area contributed by atoms with E-state index < -0.39 is 5.60 Å². The van der Waals surface area contributed by atoms with E-state index in [1.165, 1.54) is 12.8 Å². The standard InChI is InChI=1S/C13H25N3O2/c14-11-6-4-2-1-3-5-10(11)12(17)16-9-13(18)7-15-8-13/h10-11,15,18H,1-9,14H2,(H,16,17). The molecule has 0 aromatic heterocycles. The van der Waals surface area contributed by atoms with Crippen LogP contribution in [0.3, 0.4) is 0 Å². The van der Waals surface area contributed by atoms with Crippen LogP contribution in [0.1, 0.15) is 38.5 Å². The average molecular weight is 255 g/mol. The summed E-state index contributed by atoms with van der Waals surface area (Å²) in [7, 11) is 0. The lowest BCUT2D eigenvalue weighted by molar-refractivity contribution is -0.128. The molecule has 0 spiro atoms. The van der Waals surface area contributed by atoms with Gasteiger partial charge in [0.25, 0.3) is 0 Å². The smallest absolute Gasteiger partial charge is 0.224 e. The maximum absolute atomic E-state index is 12.1. The Kier molecular flexibility index (Phi) is 4.59. The first-order valence-corrected chi connectivity index (χ1v) is 7.07. The number of hydrogen-bond donors (Lipinski definition) is 4. The van der Waals surface area contributed by atoms with Gasteiger partial charge in [-0.1, -0.05) is 25.7 Å². The fourth-order valence-corrected chi connectivity index (χ4v) is 2.76. The highest BCUT2D eigenvalue weighted by Crippen LogP contribution is 2.22. The summed E-state index contributed by atoms with van der Waals surface area (Å²) in [6.07, 6.45) is 6.45. The molecular weight excluding hydrogens is 230 g/mol. The molecule has 2 aliphatic rings. The normalized spacial score (nSPS) is 31.9. The van der Waals surface area contributed by atoms with Gasteiger partial charge in [0.2, 0.25) is 5.91 Å². The van der Waals surface area contributed by atoms with Gasteiger partial charge in [-0.05, 0) is 12.8 Å². The Hall–Kier alpha value is -0.650. The molecule has 1 saturated carbocycles. The lowest BCUT2D eigenvalue weighted by Crippen LogP contribution is -2.65. The van der Waals surface area contributed by atoms with E-state index in [-0.39, 0.29) is 17.9 Å². The Morgan fingerprint density at radius 3 is 2.56 bits per heavy atom. The van der Waals surface area contributed by atoms with Crippen molar-refractivity contribution in [3.05, 3.63) is 0 Å². The number of amides is 1. The van der Waals surface area contributed by atoms with Gasteiger partial charge >= 0.3 is 0 Å². The van der Waals surface area contributed by atoms with E-state index in [1.807, 2.05) is 0 Å². The predicted molar refractivity (Wildman–Crippen MR) is 70.0 cm³/mol. The Bertz CT molecular complexity index is 292. The van der Waals surface area contributed by atoms with Crippen molar-refractivity contribution in [1.29, 1.82) is 0 Å². The van der Waals surface area contributed by atoms with E-state index >= 15 is 0 Å². The molecule has 104 valence electrons. The van der Waals surface area contributed by atoms with Crippen LogP contribution in [-0.4, -0.2) is 42.3 Å². The third-order valence-corrected chi connectivity index (χ3v) is 4.16. The molecule has 5 N–H and O–H groups in total. The summed E-state index contributed by atoms with van der Waals surface area (Å²) in [6, 6.07) is -0.0283. The Morgan fingerprint density at radius 1 is 1.28 bits per heavy atom. The average Bonchev–Trinajstić information content (AvgIpc) is 2.29. The second kappa shape index (κ2) is 5.99. The molecule has 5 nitrogen and oxygen atoms in total. The summed E-state index contributed by atoms with van der Waals surface area (Å²) < 4.78 is 0. The summed E-state index contributed by atoms with van der Waals surface area (Å²) in [5.74, 6) is -0.0633. The van der Waals surface area contributed by atoms with Gasteiger partial charge in [-0.2, -0.15) is 0 Å². The van der Waals surface area contributed by atoms with Gasteiger partial charge in [-0.15, -0.1) is 0 Å². The van der Waals surface area contributed by atoms with Crippen LogP contribution in [0.15, 0.2) is 0 Å². The molecule has 1 heterocycles. The van der Waals surface area contributed by atoms with E-state index in [0.29, 0.717) is 19.6 Å². The van der Waals surface area contributed by atoms with Crippen molar-refractivity contribution in [2.45, 2.75) is 50.2 Å². The third-order valence-electron chi connectivity index (χ3n) is 4.16. The summed E-state index contributed by atoms with van der Waals surface area (Å²) in [6.45, 7) is 1.45. The zero-order valence-electron chi connectivity index (χ0n) is 11.0. The Morgan fingerprint density at radius 2 is 1.94 bits per heavy atom. The summed E-state index contributed by atoms with van der Waals surface area (Å²) in [4.78, 5) is 12.1. The molecule has 1 aliphatic heterocycles. The lowest BCUT2D eigenvalue weighted by atomic mass is 9.86. The third kappa shape index (κ3) is 3.43. The van der Waals surface area contributed by atoms with Crippen LogP contribution in [0.5, 0.6) is 0 Å². The minimum absolute atomic E-state index is 0.0183. The van der Waals surface area contributed by atoms with Crippen LogP contribution in [0.2, 0.25) is 0 Å². The SMILES string of the molecule is NC1CCCCCCC1C(=O)NCC1(O)CNC1. The van der Waals surface area contributed by atoms with E-state index in [1.54, 1.807) is 0 Å². The lowest BCUT2D eigenvalue weighted by Gasteiger charge is -2.38. The number of nitrogens with one attached hydrogen (secondary N) is 2. The second-order valence-corrected chi connectivity index (χ2v) is 5.81. The highest BCUT2D eigenvalue weighted by molar-refractivity contribution is 5.79. The molecule has 5 heteroatoms. The van der Waals surface area contributed by atoms with Crippen LogP contribution in [0.25, 0.3) is 0 Å². The first kappa shape index (κ1) is 13.8. The maximum Gasteiger partial charge on any atom is 0.224 e. The zero-order valence-corrected chi connectivity index (χ0v) is 11.0. The molecule has 2 fully saturated rings. The number of carbonyl (C=O) groups excluding carboxylic acids is 1. The molecule has 2 unspecified atom stereocenters. The first-order chi connectivity index (χ1) is 8.61. The molecule has 0 radical (unpaired) electrons. The fraction of sp³-hybridized carbons (Fsp3) is 0.923. The van der Waals surface area contributed by atoms with Crippen LogP contribution < -0.4 is 16.4 Å². The number of aliphatic hydroxyl groups is 1. The largest absolute Gasteiger partial charge is 0.385 e. The number of β-amino-alcohol motifs (C(OH)–C–C–N with tert-alkyl or cyclic N) is 1. The van der Waals surface area contributed by atoms with Crippen molar-refractivity contribution >= 4 is 5.91 Å². The Labute approximate surface area is 109 Å².